The molecule has 2 aromatic carbocycles. The van der Waals surface area contributed by atoms with Crippen LogP contribution in [-0.2, 0) is 20.0 Å². The number of amides is 2. The molecule has 184 valence electrons. The van der Waals surface area contributed by atoms with Crippen molar-refractivity contribution in [3.05, 3.63) is 92.5 Å². The Hall–Kier alpha value is -3.84. The molecule has 2 amide bonds. The molecule has 8 heteroatoms. The van der Waals surface area contributed by atoms with E-state index in [2.05, 4.69) is 9.88 Å². The molecule has 1 aliphatic rings. The maximum atomic E-state index is 13.3. The van der Waals surface area contributed by atoms with E-state index in [1.54, 1.807) is 31.4 Å². The van der Waals surface area contributed by atoms with Crippen LogP contribution in [-0.4, -0.2) is 26.5 Å². The van der Waals surface area contributed by atoms with Crippen molar-refractivity contribution in [2.75, 3.05) is 0 Å². The van der Waals surface area contributed by atoms with Crippen molar-refractivity contribution in [3.8, 4) is 11.1 Å². The first kappa shape index (κ1) is 23.9. The molecule has 3 heterocycles. The fourth-order valence-electron chi connectivity index (χ4n) is 5.15. The van der Waals surface area contributed by atoms with Crippen LogP contribution in [0.3, 0.4) is 0 Å². The van der Waals surface area contributed by atoms with E-state index in [9.17, 15) is 14.4 Å². The second-order valence-electron chi connectivity index (χ2n) is 9.87. The molecule has 1 atom stereocenters. The number of hydrogen-bond donors (Lipinski definition) is 2. The average molecular weight is 503 g/mol. The summed E-state index contributed by atoms with van der Waals surface area (Å²) >= 11 is 6.53. The highest BCUT2D eigenvalue weighted by atomic mass is 35.5. The summed E-state index contributed by atoms with van der Waals surface area (Å²) in [5.41, 5.74) is 10.6. The zero-order valence-corrected chi connectivity index (χ0v) is 21.1. The lowest BCUT2D eigenvalue weighted by Crippen LogP contribution is -2.51. The summed E-state index contributed by atoms with van der Waals surface area (Å²) in [6, 6.07) is 14.5. The van der Waals surface area contributed by atoms with Crippen LogP contribution in [0, 0.1) is 6.92 Å². The number of halogens is 1. The third kappa shape index (κ3) is 4.09. The fourth-order valence-corrected chi connectivity index (χ4v) is 5.41. The smallest absolute Gasteiger partial charge is 0.253 e. The Kier molecular flexibility index (Phi) is 5.75. The number of aromatic nitrogens is 2. The Morgan fingerprint density at radius 3 is 2.53 bits per heavy atom. The predicted molar refractivity (Wildman–Crippen MR) is 142 cm³/mol. The van der Waals surface area contributed by atoms with Gasteiger partial charge >= 0.3 is 0 Å². The summed E-state index contributed by atoms with van der Waals surface area (Å²) in [6.45, 7) is 4.50. The van der Waals surface area contributed by atoms with Crippen LogP contribution in [0.1, 0.15) is 45.3 Å². The van der Waals surface area contributed by atoms with Gasteiger partial charge in [-0.1, -0.05) is 29.3 Å². The van der Waals surface area contributed by atoms with Crippen molar-refractivity contribution in [1.82, 2.24) is 14.5 Å². The average Bonchev–Trinajstić information content (AvgIpc) is 3.12. The molecule has 1 aliphatic heterocycles. The van der Waals surface area contributed by atoms with Crippen LogP contribution in [0.2, 0.25) is 5.02 Å². The molecular weight excluding hydrogens is 476 g/mol. The molecule has 0 spiro atoms. The Balaban J connectivity index is 1.43. The number of fused-ring (bicyclic) bond motifs is 3. The molecule has 0 saturated carbocycles. The molecule has 0 fully saturated rings. The van der Waals surface area contributed by atoms with Crippen molar-refractivity contribution < 1.29 is 9.59 Å². The third-order valence-electron chi connectivity index (χ3n) is 7.04. The van der Waals surface area contributed by atoms with Gasteiger partial charge < -0.3 is 20.2 Å². The Labute approximate surface area is 213 Å². The van der Waals surface area contributed by atoms with Crippen LogP contribution in [0.5, 0.6) is 0 Å². The molecule has 0 saturated heterocycles. The molecule has 0 bridgehead atoms. The van der Waals surface area contributed by atoms with E-state index >= 15 is 0 Å². The Morgan fingerprint density at radius 2 is 1.83 bits per heavy atom. The molecule has 0 aliphatic carbocycles. The lowest BCUT2D eigenvalue weighted by Gasteiger charge is -2.36. The number of nitrogens with zero attached hydrogens (tertiary/aromatic N) is 2. The maximum absolute atomic E-state index is 13.3. The molecule has 0 radical (unpaired) electrons. The number of carbonyl (C=O) groups excluding carboxylic acids is 2. The van der Waals surface area contributed by atoms with Gasteiger partial charge in [-0.05, 0) is 68.1 Å². The summed E-state index contributed by atoms with van der Waals surface area (Å²) in [7, 11) is 1.69. The highest BCUT2D eigenvalue weighted by Gasteiger charge is 2.35. The number of hydrogen-bond acceptors (Lipinski definition) is 3. The van der Waals surface area contributed by atoms with E-state index < -0.39 is 11.4 Å². The minimum absolute atomic E-state index is 0.0988. The lowest BCUT2D eigenvalue weighted by molar-refractivity contribution is 0.0881. The van der Waals surface area contributed by atoms with Gasteiger partial charge in [-0.2, -0.15) is 0 Å². The number of primary amides is 1. The summed E-state index contributed by atoms with van der Waals surface area (Å²) in [6.07, 6.45) is 3.00. The SMILES string of the molecule is Cc1ccc2c(c1)c(C(N)=O)c1n2C[C@](C)(NC(=O)c2ccc(-c3ccc(=O)n(C)c3)cc2Cl)CC1. The minimum atomic E-state index is -0.546. The highest BCUT2D eigenvalue weighted by molar-refractivity contribution is 6.34. The molecule has 2 aromatic heterocycles. The van der Waals surface area contributed by atoms with E-state index in [1.807, 2.05) is 38.1 Å². The zero-order chi connectivity index (χ0) is 25.8. The zero-order valence-electron chi connectivity index (χ0n) is 20.4. The van der Waals surface area contributed by atoms with Gasteiger partial charge in [0.05, 0.1) is 21.7 Å². The number of carbonyl (C=O) groups is 2. The van der Waals surface area contributed by atoms with Crippen molar-refractivity contribution >= 4 is 34.3 Å². The quantitative estimate of drug-likeness (QED) is 0.437. The largest absolute Gasteiger partial charge is 0.366 e. The molecular formula is C28H27ClN4O3. The molecule has 5 rings (SSSR count). The van der Waals surface area contributed by atoms with Gasteiger partial charge in [-0.3, -0.25) is 14.4 Å². The fraction of sp³-hybridized carbons (Fsp3) is 0.250. The van der Waals surface area contributed by atoms with Gasteiger partial charge in [0.15, 0.2) is 0 Å². The molecule has 0 unspecified atom stereocenters. The first-order valence-corrected chi connectivity index (χ1v) is 12.1. The number of nitrogens with one attached hydrogen (secondary N) is 1. The van der Waals surface area contributed by atoms with Gasteiger partial charge in [0.25, 0.3) is 11.8 Å². The first-order valence-electron chi connectivity index (χ1n) is 11.8. The Morgan fingerprint density at radius 1 is 1.08 bits per heavy atom. The summed E-state index contributed by atoms with van der Waals surface area (Å²) < 4.78 is 3.60. The van der Waals surface area contributed by atoms with E-state index in [4.69, 9.17) is 17.3 Å². The summed E-state index contributed by atoms with van der Waals surface area (Å²) in [5, 5.41) is 4.36. The van der Waals surface area contributed by atoms with E-state index in [0.717, 1.165) is 33.3 Å². The summed E-state index contributed by atoms with van der Waals surface area (Å²) in [5.74, 6) is -0.697. The second kappa shape index (κ2) is 8.68. The number of nitrogens with two attached hydrogens (primary N) is 1. The van der Waals surface area contributed by atoms with E-state index in [1.165, 1.54) is 10.6 Å². The first-order chi connectivity index (χ1) is 17.1. The van der Waals surface area contributed by atoms with Gasteiger partial charge in [0.1, 0.15) is 0 Å². The number of rotatable bonds is 4. The van der Waals surface area contributed by atoms with Gasteiger partial charge in [-0.15, -0.1) is 0 Å². The van der Waals surface area contributed by atoms with Crippen molar-refractivity contribution in [2.24, 2.45) is 12.8 Å². The number of pyridine rings is 1. The van der Waals surface area contributed by atoms with Crippen LogP contribution >= 0.6 is 11.6 Å². The van der Waals surface area contributed by atoms with E-state index in [0.29, 0.717) is 35.5 Å². The molecule has 7 nitrogen and oxygen atoms in total. The Bertz CT molecular complexity index is 1620. The maximum Gasteiger partial charge on any atom is 0.253 e. The van der Waals surface area contributed by atoms with E-state index in [-0.39, 0.29) is 11.5 Å². The molecule has 36 heavy (non-hydrogen) atoms. The van der Waals surface area contributed by atoms with Gasteiger partial charge in [-0.25, -0.2) is 0 Å². The number of aryl methyl sites for hydroxylation is 2. The van der Waals surface area contributed by atoms with Crippen LogP contribution in [0.25, 0.3) is 22.0 Å². The van der Waals surface area contributed by atoms with Crippen LogP contribution in [0.15, 0.2) is 59.5 Å². The van der Waals surface area contributed by atoms with Crippen LogP contribution < -0.4 is 16.6 Å². The molecule has 3 N–H and O–H groups in total. The normalized spacial score (nSPS) is 17.1. The molecule has 4 aromatic rings. The topological polar surface area (TPSA) is 99.1 Å². The van der Waals surface area contributed by atoms with Gasteiger partial charge in [0.2, 0.25) is 5.56 Å². The minimum Gasteiger partial charge on any atom is -0.366 e. The highest BCUT2D eigenvalue weighted by Crippen LogP contribution is 2.35. The standard InChI is InChI=1S/C28H27ClN4O3/c1-16-4-8-22-20(12-16)25(26(30)35)23-10-11-28(2,15-33(22)23)31-27(36)19-7-5-17(13-21(19)29)18-6-9-24(34)32(3)14-18/h4-9,12-14H,10-11,15H2,1-3H3,(H2,30,35)(H,31,36)/t28-/m1/s1. The van der Waals surface area contributed by atoms with Crippen molar-refractivity contribution in [1.29, 1.82) is 0 Å². The monoisotopic (exact) mass is 502 g/mol. The summed E-state index contributed by atoms with van der Waals surface area (Å²) in [4.78, 5) is 37.3. The van der Waals surface area contributed by atoms with Crippen LogP contribution in [0.4, 0.5) is 0 Å². The van der Waals surface area contributed by atoms with Crippen molar-refractivity contribution in [3.63, 3.8) is 0 Å². The third-order valence-corrected chi connectivity index (χ3v) is 7.35. The second-order valence-corrected chi connectivity index (χ2v) is 10.3. The lowest BCUT2D eigenvalue weighted by atomic mass is 9.89. The number of benzene rings is 2. The van der Waals surface area contributed by atoms with Crippen molar-refractivity contribution in [2.45, 2.75) is 38.8 Å². The predicted octanol–water partition coefficient (Wildman–Crippen LogP) is 4.20. The van der Waals surface area contributed by atoms with Gasteiger partial charge in [0, 0.05) is 42.5 Å².